The second-order valence-corrected chi connectivity index (χ2v) is 8.83. The number of hydrogen-bond acceptors (Lipinski definition) is 10. The molecule has 0 saturated carbocycles. The molecule has 34 heavy (non-hydrogen) atoms. The van der Waals surface area contributed by atoms with Crippen molar-refractivity contribution in [2.24, 2.45) is 0 Å². The summed E-state index contributed by atoms with van der Waals surface area (Å²) in [5.74, 6) is -2.89. The molecule has 14 nitrogen and oxygen atoms in total. The van der Waals surface area contributed by atoms with Crippen LogP contribution in [0, 0.1) is 0 Å². The first kappa shape index (κ1) is 24.5. The molecule has 3 rings (SSSR count). The molecule has 3 aromatic rings. The number of likely N-dealkylation sites (N-methyl/N-ethyl adjacent to an activating group) is 1. The van der Waals surface area contributed by atoms with Gasteiger partial charge in [-0.15, -0.1) is 0 Å². The molecule has 0 aliphatic heterocycles. The molecule has 1 amide bonds. The predicted octanol–water partition coefficient (Wildman–Crippen LogP) is -0.289. The number of carboxylic acid groups (broad SMARTS) is 1. The van der Waals surface area contributed by atoms with Gasteiger partial charge in [-0.05, 0) is 30.7 Å². The molecule has 0 fully saturated rings. The van der Waals surface area contributed by atoms with E-state index in [4.69, 9.17) is 10.3 Å². The van der Waals surface area contributed by atoms with E-state index in [0.29, 0.717) is 11.4 Å². The Morgan fingerprint density at radius 3 is 2.53 bits per heavy atom. The van der Waals surface area contributed by atoms with Crippen LogP contribution in [0.2, 0.25) is 0 Å². The fraction of sp³-hybridized carbons (Fsp3) is 0.263. The third-order valence-corrected chi connectivity index (χ3v) is 5.57. The number of nitrogens with zero attached hydrogens (tertiary/aromatic N) is 4. The summed E-state index contributed by atoms with van der Waals surface area (Å²) in [5, 5.41) is 12.4. The van der Waals surface area contributed by atoms with Crippen molar-refractivity contribution in [3.05, 3.63) is 52.1 Å². The Morgan fingerprint density at radius 1 is 1.24 bits per heavy atom. The first-order chi connectivity index (χ1) is 15.9. The largest absolute Gasteiger partial charge is 0.480 e. The minimum atomic E-state index is -4.38. The van der Waals surface area contributed by atoms with Gasteiger partial charge in [-0.3, -0.25) is 19.1 Å². The van der Waals surface area contributed by atoms with E-state index in [-0.39, 0.29) is 29.2 Å². The highest BCUT2D eigenvalue weighted by molar-refractivity contribution is 7.85. The lowest BCUT2D eigenvalue weighted by Crippen LogP contribution is -2.43. The van der Waals surface area contributed by atoms with Crippen LogP contribution in [0.25, 0.3) is 11.2 Å². The van der Waals surface area contributed by atoms with Gasteiger partial charge in [0.15, 0.2) is 11.2 Å². The van der Waals surface area contributed by atoms with Gasteiger partial charge in [0.1, 0.15) is 6.04 Å². The molecule has 0 aliphatic rings. The van der Waals surface area contributed by atoms with Crippen LogP contribution in [0.4, 0.5) is 11.6 Å². The van der Waals surface area contributed by atoms with Gasteiger partial charge < -0.3 is 21.1 Å². The Labute approximate surface area is 192 Å². The minimum Gasteiger partial charge on any atom is -0.480 e. The summed E-state index contributed by atoms with van der Waals surface area (Å²) in [5.41, 5.74) is 6.35. The monoisotopic (exact) mass is 491 g/mol. The van der Waals surface area contributed by atoms with Gasteiger partial charge >= 0.3 is 5.97 Å². The number of nitrogens with one attached hydrogen (secondary N) is 2. The quantitative estimate of drug-likeness (QED) is 0.244. The third kappa shape index (κ3) is 6.02. The second-order valence-electron chi connectivity index (χ2n) is 7.26. The first-order valence-electron chi connectivity index (χ1n) is 9.75. The molecule has 0 bridgehead atoms. The summed E-state index contributed by atoms with van der Waals surface area (Å²) in [6.45, 7) is 0.205. The van der Waals surface area contributed by atoms with Crippen LogP contribution in [0.1, 0.15) is 22.5 Å². The number of aromatic nitrogens is 4. The molecule has 0 unspecified atom stereocenters. The molecule has 0 saturated heterocycles. The Kier molecular flexibility index (Phi) is 7.07. The van der Waals surface area contributed by atoms with Gasteiger partial charge in [0.25, 0.3) is 21.6 Å². The van der Waals surface area contributed by atoms with Gasteiger partial charge in [-0.1, -0.05) is 0 Å². The molecular weight excluding hydrogens is 470 g/mol. The zero-order valence-electron chi connectivity index (χ0n) is 17.8. The van der Waals surface area contributed by atoms with E-state index < -0.39 is 45.8 Å². The van der Waals surface area contributed by atoms with Crippen molar-refractivity contribution in [2.75, 3.05) is 23.9 Å². The molecule has 6 N–H and O–H groups in total. The molecule has 0 radical (unpaired) electrons. The highest BCUT2D eigenvalue weighted by Gasteiger charge is 2.28. The number of carboxylic acids is 1. The van der Waals surface area contributed by atoms with Crippen LogP contribution in [-0.2, 0) is 21.5 Å². The number of fused-ring (bicyclic) bond motifs is 1. The first-order valence-corrected chi connectivity index (χ1v) is 11.4. The number of amides is 1. The Hall–Kier alpha value is -4.11. The van der Waals surface area contributed by atoms with Crippen LogP contribution >= 0.6 is 0 Å². The van der Waals surface area contributed by atoms with Gasteiger partial charge in [0.05, 0.1) is 24.2 Å². The molecule has 0 spiro atoms. The van der Waals surface area contributed by atoms with Crippen LogP contribution in [0.15, 0.2) is 35.3 Å². The lowest BCUT2D eigenvalue weighted by Gasteiger charge is -2.24. The number of nitrogen functional groups attached to an aromatic ring is 1. The lowest BCUT2D eigenvalue weighted by molar-refractivity contribution is -0.142. The third-order valence-electron chi connectivity index (χ3n) is 4.81. The SMILES string of the molecule is CN(C(=O)c1ccc(NCc2cnc3nc(N)[nH]c(=O)c3n2)cc1)[C@@H](CCS(=O)(=O)O)C(=O)O. The van der Waals surface area contributed by atoms with Crippen LogP contribution in [0.5, 0.6) is 0 Å². The molecule has 180 valence electrons. The fourth-order valence-corrected chi connectivity index (χ4v) is 3.59. The van der Waals surface area contributed by atoms with E-state index in [9.17, 15) is 27.9 Å². The number of rotatable bonds is 9. The Morgan fingerprint density at radius 2 is 1.91 bits per heavy atom. The fourth-order valence-electron chi connectivity index (χ4n) is 3.07. The van der Waals surface area contributed by atoms with E-state index in [1.165, 1.54) is 25.4 Å². The van der Waals surface area contributed by atoms with Gasteiger partial charge in [-0.2, -0.15) is 13.4 Å². The topological polar surface area (TPSA) is 222 Å². The van der Waals surface area contributed by atoms with Crippen molar-refractivity contribution in [2.45, 2.75) is 19.0 Å². The van der Waals surface area contributed by atoms with Crippen LogP contribution < -0.4 is 16.6 Å². The highest BCUT2D eigenvalue weighted by atomic mass is 32.2. The number of H-pyrrole nitrogens is 1. The summed E-state index contributed by atoms with van der Waals surface area (Å²) in [6.07, 6.45) is 0.973. The average molecular weight is 491 g/mol. The van der Waals surface area contributed by atoms with Crippen molar-refractivity contribution in [1.29, 1.82) is 0 Å². The molecule has 1 atom stereocenters. The zero-order valence-corrected chi connectivity index (χ0v) is 18.6. The molecule has 1 aromatic carbocycles. The van der Waals surface area contributed by atoms with Crippen molar-refractivity contribution in [1.82, 2.24) is 24.8 Å². The number of anilines is 2. The summed E-state index contributed by atoms with van der Waals surface area (Å²) in [7, 11) is -3.14. The number of aromatic amines is 1. The summed E-state index contributed by atoms with van der Waals surface area (Å²) >= 11 is 0. The number of benzene rings is 1. The maximum absolute atomic E-state index is 12.7. The van der Waals surface area contributed by atoms with Gasteiger partial charge in [0.2, 0.25) is 5.95 Å². The molecule has 2 aromatic heterocycles. The van der Waals surface area contributed by atoms with E-state index >= 15 is 0 Å². The van der Waals surface area contributed by atoms with Gasteiger partial charge in [0, 0.05) is 18.3 Å². The summed E-state index contributed by atoms with van der Waals surface area (Å²) < 4.78 is 30.7. The van der Waals surface area contributed by atoms with Crippen LogP contribution in [-0.4, -0.2) is 73.6 Å². The molecule has 0 aliphatic carbocycles. The normalized spacial score (nSPS) is 12.3. The van der Waals surface area contributed by atoms with E-state index in [1.807, 2.05) is 0 Å². The van der Waals surface area contributed by atoms with Crippen molar-refractivity contribution >= 4 is 44.8 Å². The Bertz CT molecular complexity index is 1390. The maximum atomic E-state index is 12.7. The number of nitrogens with two attached hydrogens (primary N) is 1. The zero-order chi connectivity index (χ0) is 25.0. The smallest absolute Gasteiger partial charge is 0.326 e. The highest BCUT2D eigenvalue weighted by Crippen LogP contribution is 2.15. The minimum absolute atomic E-state index is 0.0412. The number of aliphatic carboxylic acids is 1. The van der Waals surface area contributed by atoms with E-state index in [0.717, 1.165) is 4.90 Å². The second kappa shape index (κ2) is 9.80. The number of carbonyl (C=O) groups excluding carboxylic acids is 1. The van der Waals surface area contributed by atoms with Crippen LogP contribution in [0.3, 0.4) is 0 Å². The number of hydrogen-bond donors (Lipinski definition) is 5. The molecule has 15 heteroatoms. The van der Waals surface area contributed by atoms with E-state index in [1.54, 1.807) is 12.1 Å². The summed E-state index contributed by atoms with van der Waals surface area (Å²) in [6, 6.07) is 4.65. The van der Waals surface area contributed by atoms with Crippen molar-refractivity contribution in [3.63, 3.8) is 0 Å². The Balaban J connectivity index is 1.67. The average Bonchev–Trinajstić information content (AvgIpc) is 2.76. The van der Waals surface area contributed by atoms with E-state index in [2.05, 4.69) is 25.3 Å². The predicted molar refractivity (Wildman–Crippen MR) is 121 cm³/mol. The standard InChI is InChI=1S/C19H21N7O7S/c1-26(13(18(29)30)6-7-34(31,32)33)17(28)10-2-4-11(5-3-10)21-8-12-9-22-15-14(23-12)16(27)25-19(20)24-15/h2-5,9,13,21H,6-8H2,1H3,(H,29,30)(H,31,32,33)(H3,20,22,24,25,27)/t13-/m0/s1. The maximum Gasteiger partial charge on any atom is 0.326 e. The molecule has 2 heterocycles. The lowest BCUT2D eigenvalue weighted by atomic mass is 10.1. The van der Waals surface area contributed by atoms with Gasteiger partial charge in [-0.25, -0.2) is 14.8 Å². The van der Waals surface area contributed by atoms with Crippen molar-refractivity contribution in [3.8, 4) is 0 Å². The number of carbonyl (C=O) groups is 2. The molecular formula is C19H21N7O7S. The summed E-state index contributed by atoms with van der Waals surface area (Å²) in [4.78, 5) is 51.5. The van der Waals surface area contributed by atoms with Crippen molar-refractivity contribution < 1.29 is 27.7 Å².